The van der Waals surface area contributed by atoms with Crippen LogP contribution >= 0.6 is 23.2 Å². The zero-order valence-electron chi connectivity index (χ0n) is 13.5. The molecule has 5 nitrogen and oxygen atoms in total. The van der Waals surface area contributed by atoms with Gasteiger partial charge in [-0.2, -0.15) is 0 Å². The van der Waals surface area contributed by atoms with Crippen molar-refractivity contribution in [2.75, 3.05) is 0 Å². The Bertz CT molecular complexity index is 1190. The van der Waals surface area contributed by atoms with Crippen LogP contribution in [0.2, 0.25) is 10.0 Å². The molecule has 1 aromatic carbocycles. The van der Waals surface area contributed by atoms with Crippen LogP contribution in [-0.4, -0.2) is 14.5 Å². The Kier molecular flexibility index (Phi) is 3.98. The van der Waals surface area contributed by atoms with E-state index in [1.165, 1.54) is 6.07 Å². The Morgan fingerprint density at radius 2 is 1.77 bits per heavy atom. The zero-order chi connectivity index (χ0) is 18.4. The first kappa shape index (κ1) is 16.7. The van der Waals surface area contributed by atoms with Crippen LogP contribution < -0.4 is 5.63 Å². The highest BCUT2D eigenvalue weighted by atomic mass is 35.5. The molecule has 0 atom stereocenters. The highest BCUT2D eigenvalue weighted by molar-refractivity contribution is 6.30. The molecule has 26 heavy (non-hydrogen) atoms. The highest BCUT2D eigenvalue weighted by Crippen LogP contribution is 2.36. The van der Waals surface area contributed by atoms with Crippen molar-refractivity contribution in [1.29, 1.82) is 0 Å². The molecule has 1 N–H and O–H groups in total. The van der Waals surface area contributed by atoms with Gasteiger partial charge in [-0.15, -0.1) is 0 Å². The summed E-state index contributed by atoms with van der Waals surface area (Å²) < 4.78 is 6.85. The fourth-order valence-corrected chi connectivity index (χ4v) is 3.17. The molecule has 0 aliphatic carbocycles. The summed E-state index contributed by atoms with van der Waals surface area (Å²) in [6.07, 6.45) is 1.64. The molecular formula is C19H12Cl2N2O3. The average Bonchev–Trinajstić information content (AvgIpc) is 2.93. The van der Waals surface area contributed by atoms with E-state index in [9.17, 15) is 9.90 Å². The summed E-state index contributed by atoms with van der Waals surface area (Å²) in [6, 6.07) is 11.9. The van der Waals surface area contributed by atoms with Gasteiger partial charge in [-0.25, -0.2) is 9.78 Å². The smallest absolute Gasteiger partial charge is 0.349 e. The van der Waals surface area contributed by atoms with E-state index in [1.54, 1.807) is 53.9 Å². The van der Waals surface area contributed by atoms with Crippen LogP contribution in [-0.2, 0) is 0 Å². The molecule has 0 radical (unpaired) electrons. The first-order valence-electron chi connectivity index (χ1n) is 7.71. The van der Waals surface area contributed by atoms with Crippen molar-refractivity contribution in [3.05, 3.63) is 74.9 Å². The van der Waals surface area contributed by atoms with Crippen molar-refractivity contribution in [2.45, 2.75) is 6.92 Å². The maximum Gasteiger partial charge on any atom is 0.349 e. The van der Waals surface area contributed by atoms with Gasteiger partial charge < -0.3 is 9.52 Å². The van der Waals surface area contributed by atoms with Crippen LogP contribution in [0.4, 0.5) is 0 Å². The van der Waals surface area contributed by atoms with E-state index in [4.69, 9.17) is 27.6 Å². The number of rotatable bonds is 2. The largest absolute Gasteiger partial charge is 0.507 e. The van der Waals surface area contributed by atoms with Crippen LogP contribution in [0.3, 0.4) is 0 Å². The van der Waals surface area contributed by atoms with Gasteiger partial charge in [-0.3, -0.25) is 4.40 Å². The van der Waals surface area contributed by atoms with Crippen LogP contribution in [0, 0.1) is 6.92 Å². The van der Waals surface area contributed by atoms with Gasteiger partial charge in [0.1, 0.15) is 22.7 Å². The SMILES string of the molecule is Cc1cc(O)c(-c2c(-c3ccc(Cl)cc3)nc3ccc(Cl)cn23)c(=O)o1. The molecule has 0 saturated carbocycles. The minimum Gasteiger partial charge on any atom is -0.507 e. The van der Waals surface area contributed by atoms with E-state index in [2.05, 4.69) is 4.98 Å². The second kappa shape index (κ2) is 6.20. The fourth-order valence-electron chi connectivity index (χ4n) is 2.88. The molecule has 130 valence electrons. The van der Waals surface area contributed by atoms with Crippen molar-refractivity contribution in [1.82, 2.24) is 9.38 Å². The second-order valence-corrected chi connectivity index (χ2v) is 6.67. The zero-order valence-corrected chi connectivity index (χ0v) is 15.0. The maximum absolute atomic E-state index is 12.5. The lowest BCUT2D eigenvalue weighted by atomic mass is 10.1. The van der Waals surface area contributed by atoms with Gasteiger partial charge >= 0.3 is 5.63 Å². The molecule has 3 aromatic heterocycles. The molecule has 0 spiro atoms. The molecule has 7 heteroatoms. The Morgan fingerprint density at radius 3 is 2.46 bits per heavy atom. The van der Waals surface area contributed by atoms with Crippen molar-refractivity contribution < 1.29 is 9.52 Å². The summed E-state index contributed by atoms with van der Waals surface area (Å²) in [5.74, 6) is 0.131. The number of halogens is 2. The van der Waals surface area contributed by atoms with E-state index in [-0.39, 0.29) is 11.3 Å². The lowest BCUT2D eigenvalue weighted by Gasteiger charge is -2.07. The van der Waals surface area contributed by atoms with Gasteiger partial charge in [0.2, 0.25) is 0 Å². The summed E-state index contributed by atoms with van der Waals surface area (Å²) in [5.41, 5.74) is 1.60. The number of hydrogen-bond donors (Lipinski definition) is 1. The monoisotopic (exact) mass is 386 g/mol. The van der Waals surface area contributed by atoms with E-state index in [0.29, 0.717) is 32.8 Å². The molecule has 0 unspecified atom stereocenters. The molecule has 0 fully saturated rings. The summed E-state index contributed by atoms with van der Waals surface area (Å²) in [6.45, 7) is 1.59. The van der Waals surface area contributed by atoms with E-state index < -0.39 is 5.63 Å². The van der Waals surface area contributed by atoms with Crippen molar-refractivity contribution in [3.8, 4) is 28.3 Å². The number of aryl methyl sites for hydroxylation is 1. The van der Waals surface area contributed by atoms with Crippen molar-refractivity contribution in [2.24, 2.45) is 0 Å². The molecule has 0 aliphatic rings. The molecule has 3 heterocycles. The molecule has 0 amide bonds. The summed E-state index contributed by atoms with van der Waals surface area (Å²) in [4.78, 5) is 17.1. The van der Waals surface area contributed by atoms with Gasteiger partial charge in [-0.1, -0.05) is 35.3 Å². The molecule has 4 aromatic rings. The normalized spacial score (nSPS) is 11.2. The van der Waals surface area contributed by atoms with Gasteiger partial charge in [0, 0.05) is 22.8 Å². The third-order valence-corrected chi connectivity index (χ3v) is 4.47. The molecule has 0 aliphatic heterocycles. The minimum atomic E-state index is -0.653. The van der Waals surface area contributed by atoms with Gasteiger partial charge in [0.25, 0.3) is 0 Å². The van der Waals surface area contributed by atoms with Crippen molar-refractivity contribution in [3.63, 3.8) is 0 Å². The number of hydrogen-bond acceptors (Lipinski definition) is 4. The standard InChI is InChI=1S/C19H12Cl2N2O3/c1-10-8-14(24)16(19(25)26-10)18-17(11-2-4-12(20)5-3-11)22-15-7-6-13(21)9-23(15)18/h2-9,24H,1H3. The number of aromatic nitrogens is 2. The van der Waals surface area contributed by atoms with E-state index in [1.807, 2.05) is 0 Å². The third-order valence-electron chi connectivity index (χ3n) is 3.99. The molecular weight excluding hydrogens is 375 g/mol. The Hall–Kier alpha value is -2.76. The van der Waals surface area contributed by atoms with E-state index >= 15 is 0 Å². The molecule has 0 bridgehead atoms. The number of benzene rings is 1. The highest BCUT2D eigenvalue weighted by Gasteiger charge is 2.23. The lowest BCUT2D eigenvalue weighted by Crippen LogP contribution is -2.06. The number of nitrogens with zero attached hydrogens (tertiary/aromatic N) is 2. The van der Waals surface area contributed by atoms with Crippen LogP contribution in [0.1, 0.15) is 5.76 Å². The van der Waals surface area contributed by atoms with Crippen LogP contribution in [0.25, 0.3) is 28.2 Å². The number of imidazole rings is 1. The second-order valence-electron chi connectivity index (χ2n) is 5.80. The maximum atomic E-state index is 12.5. The predicted octanol–water partition coefficient (Wildman–Crippen LogP) is 4.94. The third kappa shape index (κ3) is 2.75. The predicted molar refractivity (Wildman–Crippen MR) is 101 cm³/mol. The topological polar surface area (TPSA) is 67.7 Å². The van der Waals surface area contributed by atoms with Crippen LogP contribution in [0.15, 0.2) is 57.9 Å². The average molecular weight is 387 g/mol. The minimum absolute atomic E-state index is 0.0234. The summed E-state index contributed by atoms with van der Waals surface area (Å²) in [5, 5.41) is 11.5. The first-order valence-corrected chi connectivity index (χ1v) is 8.47. The quantitative estimate of drug-likeness (QED) is 0.529. The van der Waals surface area contributed by atoms with Crippen LogP contribution in [0.5, 0.6) is 5.75 Å². The fraction of sp³-hybridized carbons (Fsp3) is 0.0526. The van der Waals surface area contributed by atoms with Gasteiger partial charge in [0.05, 0.1) is 16.4 Å². The van der Waals surface area contributed by atoms with Gasteiger partial charge in [-0.05, 0) is 31.2 Å². The lowest BCUT2D eigenvalue weighted by molar-refractivity contribution is 0.438. The molecule has 0 saturated heterocycles. The Balaban J connectivity index is 2.13. The van der Waals surface area contributed by atoms with Gasteiger partial charge in [0.15, 0.2) is 0 Å². The summed E-state index contributed by atoms with van der Waals surface area (Å²) >= 11 is 12.1. The number of aromatic hydroxyl groups is 1. The number of fused-ring (bicyclic) bond motifs is 1. The molecule has 4 rings (SSSR count). The Labute approximate surface area is 158 Å². The summed E-state index contributed by atoms with van der Waals surface area (Å²) in [7, 11) is 0. The Morgan fingerprint density at radius 1 is 1.08 bits per heavy atom. The number of pyridine rings is 1. The van der Waals surface area contributed by atoms with Crippen molar-refractivity contribution >= 4 is 28.8 Å². The first-order chi connectivity index (χ1) is 12.4. The van der Waals surface area contributed by atoms with E-state index in [0.717, 1.165) is 5.56 Å².